The highest BCUT2D eigenvalue weighted by molar-refractivity contribution is 5.80. The molecule has 1 aromatic rings. The van der Waals surface area contributed by atoms with Crippen LogP contribution in [0, 0.1) is 6.92 Å². The first-order valence-electron chi connectivity index (χ1n) is 6.56. The Morgan fingerprint density at radius 2 is 1.89 bits per heavy atom. The van der Waals surface area contributed by atoms with Gasteiger partial charge in [0, 0.05) is 6.04 Å². The van der Waals surface area contributed by atoms with Crippen molar-refractivity contribution in [3.63, 3.8) is 0 Å². The van der Waals surface area contributed by atoms with Crippen LogP contribution in [0.4, 0.5) is 0 Å². The van der Waals surface area contributed by atoms with Crippen LogP contribution >= 0.6 is 0 Å². The highest BCUT2D eigenvalue weighted by Gasteiger charge is 2.16. The summed E-state index contributed by atoms with van der Waals surface area (Å²) in [6.07, 6.45) is 1.59. The van der Waals surface area contributed by atoms with Crippen molar-refractivity contribution in [1.29, 1.82) is 0 Å². The van der Waals surface area contributed by atoms with E-state index >= 15 is 0 Å². The van der Waals surface area contributed by atoms with Gasteiger partial charge in [-0.3, -0.25) is 4.79 Å². The SMILES string of the molecule is CCC[C@@H](C)NC(=O)[C@H](C)Oc1ccc(C)cc1. The molecule has 0 heterocycles. The molecule has 0 aliphatic carbocycles. The number of hydrogen-bond acceptors (Lipinski definition) is 2. The third-order valence-electron chi connectivity index (χ3n) is 2.81. The fourth-order valence-corrected chi connectivity index (χ4v) is 1.74. The second kappa shape index (κ2) is 7.04. The molecule has 0 spiro atoms. The van der Waals surface area contributed by atoms with Crippen molar-refractivity contribution in [3.05, 3.63) is 29.8 Å². The number of nitrogens with one attached hydrogen (secondary N) is 1. The Morgan fingerprint density at radius 1 is 1.28 bits per heavy atom. The average molecular weight is 249 g/mol. The molecule has 1 N–H and O–H groups in total. The standard InChI is InChI=1S/C15H23NO2/c1-5-6-12(3)16-15(17)13(4)18-14-9-7-11(2)8-10-14/h7-10,12-13H,5-6H2,1-4H3,(H,16,17)/t12-,13+/m1/s1. The number of carbonyl (C=O) groups is 1. The van der Waals surface area contributed by atoms with E-state index in [1.54, 1.807) is 6.92 Å². The summed E-state index contributed by atoms with van der Waals surface area (Å²) in [7, 11) is 0. The monoisotopic (exact) mass is 249 g/mol. The Labute approximate surface area is 110 Å². The highest BCUT2D eigenvalue weighted by Crippen LogP contribution is 2.13. The molecular formula is C15H23NO2. The van der Waals surface area contributed by atoms with Crippen LogP contribution in [0.3, 0.4) is 0 Å². The molecule has 1 amide bonds. The zero-order valence-corrected chi connectivity index (χ0v) is 11.7. The summed E-state index contributed by atoms with van der Waals surface area (Å²) in [5, 5.41) is 2.95. The Hall–Kier alpha value is -1.51. The summed E-state index contributed by atoms with van der Waals surface area (Å²) in [4.78, 5) is 11.9. The highest BCUT2D eigenvalue weighted by atomic mass is 16.5. The van der Waals surface area contributed by atoms with Gasteiger partial charge in [0.1, 0.15) is 5.75 Å². The van der Waals surface area contributed by atoms with E-state index in [1.165, 1.54) is 5.56 Å². The number of amides is 1. The molecule has 0 radical (unpaired) electrons. The summed E-state index contributed by atoms with van der Waals surface area (Å²) < 4.78 is 5.60. The topological polar surface area (TPSA) is 38.3 Å². The van der Waals surface area contributed by atoms with Gasteiger partial charge in [-0.15, -0.1) is 0 Å². The maximum atomic E-state index is 11.9. The summed E-state index contributed by atoms with van der Waals surface area (Å²) in [5.74, 6) is 0.669. The fourth-order valence-electron chi connectivity index (χ4n) is 1.74. The number of ether oxygens (including phenoxy) is 1. The predicted octanol–water partition coefficient (Wildman–Crippen LogP) is 3.07. The van der Waals surface area contributed by atoms with Crippen molar-refractivity contribution in [2.24, 2.45) is 0 Å². The number of hydrogen-bond donors (Lipinski definition) is 1. The van der Waals surface area contributed by atoms with Crippen LogP contribution in [-0.2, 0) is 4.79 Å². The van der Waals surface area contributed by atoms with Gasteiger partial charge < -0.3 is 10.1 Å². The lowest BCUT2D eigenvalue weighted by atomic mass is 10.2. The molecule has 18 heavy (non-hydrogen) atoms. The minimum atomic E-state index is -0.466. The molecule has 0 aliphatic rings. The average Bonchev–Trinajstić information content (AvgIpc) is 2.32. The Balaban J connectivity index is 2.46. The van der Waals surface area contributed by atoms with Crippen molar-refractivity contribution in [2.75, 3.05) is 0 Å². The van der Waals surface area contributed by atoms with Crippen LogP contribution in [0.25, 0.3) is 0 Å². The van der Waals surface area contributed by atoms with Crippen LogP contribution in [0.5, 0.6) is 5.75 Å². The van der Waals surface area contributed by atoms with E-state index in [2.05, 4.69) is 12.2 Å². The molecule has 0 saturated carbocycles. The lowest BCUT2D eigenvalue weighted by molar-refractivity contribution is -0.127. The number of benzene rings is 1. The first kappa shape index (κ1) is 14.6. The minimum Gasteiger partial charge on any atom is -0.481 e. The molecular weight excluding hydrogens is 226 g/mol. The van der Waals surface area contributed by atoms with E-state index in [1.807, 2.05) is 38.1 Å². The summed E-state index contributed by atoms with van der Waals surface area (Å²) in [5.41, 5.74) is 1.18. The Bertz CT molecular complexity index is 373. The molecule has 1 rings (SSSR count). The van der Waals surface area contributed by atoms with E-state index in [4.69, 9.17) is 4.74 Å². The van der Waals surface area contributed by atoms with E-state index in [9.17, 15) is 4.79 Å². The van der Waals surface area contributed by atoms with E-state index in [-0.39, 0.29) is 11.9 Å². The van der Waals surface area contributed by atoms with E-state index < -0.39 is 6.10 Å². The molecule has 0 bridgehead atoms. The minimum absolute atomic E-state index is 0.0588. The molecule has 2 atom stereocenters. The second-order valence-corrected chi connectivity index (χ2v) is 4.77. The van der Waals surface area contributed by atoms with Gasteiger partial charge in [0.25, 0.3) is 5.91 Å². The first-order chi connectivity index (χ1) is 8.52. The van der Waals surface area contributed by atoms with Crippen molar-refractivity contribution in [3.8, 4) is 5.75 Å². The molecule has 0 fully saturated rings. The fraction of sp³-hybridized carbons (Fsp3) is 0.533. The molecule has 0 aliphatic heterocycles. The van der Waals surface area contributed by atoms with Crippen LogP contribution < -0.4 is 10.1 Å². The van der Waals surface area contributed by atoms with Crippen LogP contribution in [-0.4, -0.2) is 18.1 Å². The maximum absolute atomic E-state index is 11.9. The van der Waals surface area contributed by atoms with Gasteiger partial charge in [0.05, 0.1) is 0 Å². The number of carbonyl (C=O) groups excluding carboxylic acids is 1. The van der Waals surface area contributed by atoms with Crippen LogP contribution in [0.1, 0.15) is 39.2 Å². The van der Waals surface area contributed by atoms with Gasteiger partial charge >= 0.3 is 0 Å². The lowest BCUT2D eigenvalue weighted by Crippen LogP contribution is -2.41. The molecule has 0 unspecified atom stereocenters. The Morgan fingerprint density at radius 3 is 2.44 bits per heavy atom. The van der Waals surface area contributed by atoms with Gasteiger partial charge in [0.15, 0.2) is 6.10 Å². The summed E-state index contributed by atoms with van der Waals surface area (Å²) in [6.45, 7) is 7.91. The second-order valence-electron chi connectivity index (χ2n) is 4.77. The summed E-state index contributed by atoms with van der Waals surface area (Å²) >= 11 is 0. The zero-order valence-electron chi connectivity index (χ0n) is 11.7. The van der Waals surface area contributed by atoms with Crippen molar-refractivity contribution in [2.45, 2.75) is 52.7 Å². The van der Waals surface area contributed by atoms with Crippen molar-refractivity contribution >= 4 is 5.91 Å². The van der Waals surface area contributed by atoms with Gasteiger partial charge in [-0.1, -0.05) is 31.0 Å². The summed E-state index contributed by atoms with van der Waals surface area (Å²) in [6, 6.07) is 7.91. The Kier molecular flexibility index (Phi) is 5.69. The lowest BCUT2D eigenvalue weighted by Gasteiger charge is -2.18. The maximum Gasteiger partial charge on any atom is 0.260 e. The van der Waals surface area contributed by atoms with Gasteiger partial charge in [-0.2, -0.15) is 0 Å². The van der Waals surface area contributed by atoms with Crippen molar-refractivity contribution < 1.29 is 9.53 Å². The molecule has 3 heteroatoms. The van der Waals surface area contributed by atoms with E-state index in [0.29, 0.717) is 0 Å². The molecule has 0 saturated heterocycles. The smallest absolute Gasteiger partial charge is 0.260 e. The number of rotatable bonds is 6. The van der Waals surface area contributed by atoms with Crippen LogP contribution in [0.15, 0.2) is 24.3 Å². The van der Waals surface area contributed by atoms with Gasteiger partial charge in [0.2, 0.25) is 0 Å². The third-order valence-corrected chi connectivity index (χ3v) is 2.81. The molecule has 1 aromatic carbocycles. The molecule has 100 valence electrons. The first-order valence-corrected chi connectivity index (χ1v) is 6.56. The normalized spacial score (nSPS) is 13.8. The van der Waals surface area contributed by atoms with E-state index in [0.717, 1.165) is 18.6 Å². The predicted molar refractivity (Wildman–Crippen MR) is 73.8 cm³/mol. The quantitative estimate of drug-likeness (QED) is 0.841. The van der Waals surface area contributed by atoms with Gasteiger partial charge in [-0.25, -0.2) is 0 Å². The largest absolute Gasteiger partial charge is 0.481 e. The zero-order chi connectivity index (χ0) is 13.5. The van der Waals surface area contributed by atoms with Crippen molar-refractivity contribution in [1.82, 2.24) is 5.32 Å². The van der Waals surface area contributed by atoms with Crippen LogP contribution in [0.2, 0.25) is 0 Å². The third kappa shape index (κ3) is 4.78. The molecule has 0 aromatic heterocycles. The number of aryl methyl sites for hydroxylation is 1. The van der Waals surface area contributed by atoms with Gasteiger partial charge in [-0.05, 0) is 39.3 Å². The molecule has 3 nitrogen and oxygen atoms in total.